The van der Waals surface area contributed by atoms with Gasteiger partial charge in [0.05, 0.1) is 33.5 Å². The monoisotopic (exact) mass is 723 g/mol. The van der Waals surface area contributed by atoms with Crippen LogP contribution in [0, 0.1) is 19.3 Å². The summed E-state index contributed by atoms with van der Waals surface area (Å²) in [5.41, 5.74) is 36.8. The summed E-state index contributed by atoms with van der Waals surface area (Å²) < 4.78 is 0. The molecule has 0 spiro atoms. The van der Waals surface area contributed by atoms with Crippen LogP contribution in [-0.4, -0.2) is 66.7 Å². The Labute approximate surface area is 303 Å². The van der Waals surface area contributed by atoms with Gasteiger partial charge in [0.25, 0.3) is 11.8 Å². The van der Waals surface area contributed by atoms with Gasteiger partial charge in [-0.1, -0.05) is 24.3 Å². The van der Waals surface area contributed by atoms with Crippen LogP contribution in [0.2, 0.25) is 0 Å². The average molecular weight is 724 g/mol. The number of nitrogens with zero attached hydrogens (tertiary/aromatic N) is 5. The number of aliphatic imine (C=N–C) groups is 1. The Morgan fingerprint density at radius 2 is 1.17 bits per heavy atom. The van der Waals surface area contributed by atoms with Gasteiger partial charge in [-0.05, 0) is 38.1 Å². The van der Waals surface area contributed by atoms with Gasteiger partial charge in [-0.2, -0.15) is 4.99 Å². The molecule has 52 heavy (non-hydrogen) atoms. The minimum absolute atomic E-state index is 0. The number of carbonyl (C=O) groups is 2. The lowest BCUT2D eigenvalue weighted by Crippen LogP contribution is -2.31. The lowest BCUT2D eigenvalue weighted by molar-refractivity contribution is 0.0937. The number of nitrogens with two attached hydrogens (primary N) is 5. The quantitative estimate of drug-likeness (QED) is 0.0932. The van der Waals surface area contributed by atoms with Crippen LogP contribution >= 0.6 is 12.4 Å². The van der Waals surface area contributed by atoms with Crippen LogP contribution in [-0.2, 0) is 12.8 Å². The molecule has 2 aliphatic rings. The summed E-state index contributed by atoms with van der Waals surface area (Å²) in [6, 6.07) is 15.2. The second kappa shape index (κ2) is 15.0. The van der Waals surface area contributed by atoms with Crippen LogP contribution in [0.3, 0.4) is 0 Å². The largest absolute Gasteiger partial charge is 0.382 e. The molecule has 0 radical (unpaired) electrons. The van der Waals surface area contributed by atoms with Gasteiger partial charge in [0, 0.05) is 59.8 Å². The molecule has 15 N–H and O–H groups in total. The number of guanidine groups is 2. The number of nitrogens with one attached hydrogen (secondary N) is 5. The number of anilines is 1. The van der Waals surface area contributed by atoms with E-state index in [4.69, 9.17) is 22.6 Å². The maximum Gasteiger partial charge on any atom is 0.253 e. The third-order valence-electron chi connectivity index (χ3n) is 8.17. The number of benzene rings is 2. The predicted octanol–water partition coefficient (Wildman–Crippen LogP) is 2.19. The van der Waals surface area contributed by atoms with E-state index in [2.05, 4.69) is 57.0 Å². The van der Waals surface area contributed by atoms with Crippen molar-refractivity contribution in [3.63, 3.8) is 0 Å². The molecule has 0 saturated heterocycles. The maximum absolute atomic E-state index is 12.0. The van der Waals surface area contributed by atoms with E-state index in [-0.39, 0.29) is 36.1 Å². The Hall–Kier alpha value is -6.75. The Kier molecular flexibility index (Phi) is 10.5. The average Bonchev–Trinajstić information content (AvgIpc) is 3.72. The lowest BCUT2D eigenvalue weighted by atomic mass is 10.1. The molecule has 0 atom stereocenters. The summed E-state index contributed by atoms with van der Waals surface area (Å²) in [4.78, 5) is 52.7. The summed E-state index contributed by atoms with van der Waals surface area (Å²) in [6.07, 6.45) is 1.58. The molecule has 18 heteroatoms. The summed E-state index contributed by atoms with van der Waals surface area (Å²) in [5.74, 6) is 0.307. The molecule has 6 heterocycles. The minimum Gasteiger partial charge on any atom is -0.382 e. The van der Waals surface area contributed by atoms with Crippen LogP contribution in [0.5, 0.6) is 0 Å². The van der Waals surface area contributed by atoms with Crippen molar-refractivity contribution in [1.82, 2.24) is 40.5 Å². The predicted molar refractivity (Wildman–Crippen MR) is 203 cm³/mol. The van der Waals surface area contributed by atoms with Crippen molar-refractivity contribution in [1.29, 1.82) is 5.41 Å². The first kappa shape index (κ1) is 36.5. The second-order valence-corrected chi connectivity index (χ2v) is 11.8. The minimum atomic E-state index is -0.333. The topological polar surface area (TPSA) is 308 Å². The van der Waals surface area contributed by atoms with Gasteiger partial charge in [0.1, 0.15) is 16.9 Å². The van der Waals surface area contributed by atoms with Gasteiger partial charge >= 0.3 is 0 Å². The molecule has 4 aromatic heterocycles. The Balaban J connectivity index is 0.000000180. The van der Waals surface area contributed by atoms with Crippen molar-refractivity contribution in [2.75, 3.05) is 18.8 Å². The third-order valence-corrected chi connectivity index (χ3v) is 8.17. The molecular formula is C34H38ClN15O2. The molecule has 0 unspecified atom stereocenters. The Bertz CT molecular complexity index is 2370. The lowest BCUT2D eigenvalue weighted by Gasteiger charge is -2.11. The first-order chi connectivity index (χ1) is 24.4. The van der Waals surface area contributed by atoms with E-state index in [1.54, 1.807) is 6.92 Å². The number of aromatic nitrogens is 6. The standard InChI is InChI=1S/C17H17N7O.C16H15N5O.CH5N3.ClH/c1-8-15(24-17(18)19)23-14-9(3-2-4-12(14)21-8)13-7-10-11(22-13)5-6-20-16(10)25;1-8-15(17)21-14-9(3-2-4-12(14)19-8)13-7-10-11(20-13)5-6-18-16(10)22;2-1(3)4;/h2-4,7,22H,5-6H2,1H3,(H,20,25)(H4,18,19,23,24);2-4,7,20H,5-6H2,1H3,(H2,17,21)(H,18,22);(H5,2,3,4);1H. The zero-order chi connectivity index (χ0) is 36.4. The number of hydrogen-bond acceptors (Lipinski definition) is 9. The highest BCUT2D eigenvalue weighted by molar-refractivity contribution is 6.01. The van der Waals surface area contributed by atoms with Crippen LogP contribution < -0.4 is 39.3 Å². The molecule has 0 fully saturated rings. The van der Waals surface area contributed by atoms with Gasteiger partial charge in [0.2, 0.25) is 0 Å². The number of halogens is 1. The van der Waals surface area contributed by atoms with Gasteiger partial charge in [0.15, 0.2) is 17.7 Å². The number of rotatable bonds is 3. The van der Waals surface area contributed by atoms with E-state index in [9.17, 15) is 9.59 Å². The highest BCUT2D eigenvalue weighted by Crippen LogP contribution is 2.32. The summed E-state index contributed by atoms with van der Waals surface area (Å²) in [6.45, 7) is 4.94. The molecular weight excluding hydrogens is 686 g/mol. The molecule has 6 aromatic rings. The number of H-pyrrole nitrogens is 2. The van der Waals surface area contributed by atoms with Crippen molar-refractivity contribution in [2.45, 2.75) is 26.7 Å². The maximum atomic E-state index is 12.0. The number of amides is 2. The highest BCUT2D eigenvalue weighted by atomic mass is 35.5. The highest BCUT2D eigenvalue weighted by Gasteiger charge is 2.22. The van der Waals surface area contributed by atoms with Crippen molar-refractivity contribution in [2.24, 2.45) is 27.9 Å². The molecule has 17 nitrogen and oxygen atoms in total. The second-order valence-electron chi connectivity index (χ2n) is 11.8. The van der Waals surface area contributed by atoms with E-state index in [1.807, 2.05) is 55.5 Å². The fourth-order valence-electron chi connectivity index (χ4n) is 5.87. The summed E-state index contributed by atoms with van der Waals surface area (Å²) in [7, 11) is 0. The third kappa shape index (κ3) is 7.53. The zero-order valence-corrected chi connectivity index (χ0v) is 29.1. The van der Waals surface area contributed by atoms with E-state index < -0.39 is 0 Å². The number of para-hydroxylation sites is 2. The number of nitrogen functional groups attached to an aromatic ring is 1. The van der Waals surface area contributed by atoms with Crippen molar-refractivity contribution >= 4 is 69.8 Å². The normalized spacial score (nSPS) is 12.8. The SMILES string of the molecule is Cc1nc2cccc(-c3cc4c([nH]3)CCNC4=O)c2nc1N.Cc1nc2cccc(-c3cc4c([nH]3)CCNC4=O)c2nc1N=C(N)N.Cl.N=C(N)N. The van der Waals surface area contributed by atoms with Gasteiger partial charge < -0.3 is 49.3 Å². The fourth-order valence-corrected chi connectivity index (χ4v) is 5.87. The number of carbonyl (C=O) groups excluding carboxylic acids is 2. The van der Waals surface area contributed by atoms with E-state index in [0.29, 0.717) is 47.1 Å². The van der Waals surface area contributed by atoms with E-state index in [0.717, 1.165) is 69.0 Å². The number of aromatic amines is 2. The summed E-state index contributed by atoms with van der Waals surface area (Å²) in [5, 5.41) is 11.8. The van der Waals surface area contributed by atoms with E-state index in [1.165, 1.54) is 0 Å². The Morgan fingerprint density at radius 1 is 0.712 bits per heavy atom. The Morgan fingerprint density at radius 3 is 1.63 bits per heavy atom. The van der Waals surface area contributed by atoms with Crippen LogP contribution in [0.1, 0.15) is 43.5 Å². The van der Waals surface area contributed by atoms with Crippen molar-refractivity contribution in [3.8, 4) is 22.5 Å². The van der Waals surface area contributed by atoms with Crippen LogP contribution in [0.15, 0.2) is 53.5 Å². The van der Waals surface area contributed by atoms with E-state index >= 15 is 0 Å². The van der Waals surface area contributed by atoms with Crippen LogP contribution in [0.4, 0.5) is 11.6 Å². The molecule has 8 rings (SSSR count). The smallest absolute Gasteiger partial charge is 0.253 e. The molecule has 0 saturated carbocycles. The number of fused-ring (bicyclic) bond motifs is 4. The number of aryl methyl sites for hydroxylation is 2. The van der Waals surface area contributed by atoms with Gasteiger partial charge in [-0.15, -0.1) is 12.4 Å². The zero-order valence-electron chi connectivity index (χ0n) is 28.3. The van der Waals surface area contributed by atoms with Crippen molar-refractivity contribution in [3.05, 3.63) is 82.4 Å². The molecule has 0 aliphatic carbocycles. The first-order valence-electron chi connectivity index (χ1n) is 15.9. The van der Waals surface area contributed by atoms with Gasteiger partial charge in [-0.3, -0.25) is 15.0 Å². The molecule has 0 bridgehead atoms. The first-order valence-corrected chi connectivity index (χ1v) is 15.9. The molecule has 268 valence electrons. The van der Waals surface area contributed by atoms with Crippen molar-refractivity contribution < 1.29 is 9.59 Å². The fraction of sp³-hybridized carbons (Fsp3) is 0.176. The number of hydrogen-bond donors (Lipinski definition) is 10. The molecule has 2 aliphatic heterocycles. The summed E-state index contributed by atoms with van der Waals surface area (Å²) >= 11 is 0. The van der Waals surface area contributed by atoms with Crippen LogP contribution in [0.25, 0.3) is 44.6 Å². The molecule has 2 aromatic carbocycles. The molecule has 2 amide bonds. The van der Waals surface area contributed by atoms with Gasteiger partial charge in [-0.25, -0.2) is 19.9 Å².